The number of carbonyl (C=O) groups excluding carboxylic acids is 2. The van der Waals surface area contributed by atoms with Gasteiger partial charge in [-0.2, -0.15) is 0 Å². The number of nitrogens with one attached hydrogen (secondary N) is 2. The third-order valence-corrected chi connectivity index (χ3v) is 4.11. The molecule has 0 aliphatic rings. The van der Waals surface area contributed by atoms with Gasteiger partial charge in [-0.05, 0) is 51.1 Å². The number of unbranched alkanes of at least 4 members (excludes halogenated alkanes) is 2. The van der Waals surface area contributed by atoms with Crippen LogP contribution in [0.2, 0.25) is 0 Å². The Morgan fingerprint density at radius 2 is 1.42 bits per heavy atom. The lowest BCUT2D eigenvalue weighted by Gasteiger charge is -2.25. The molecule has 0 spiro atoms. The maximum Gasteiger partial charge on any atom is 0.326 e. The van der Waals surface area contributed by atoms with Gasteiger partial charge in [0.2, 0.25) is 11.8 Å². The van der Waals surface area contributed by atoms with Crippen LogP contribution in [0.1, 0.15) is 52.4 Å². The summed E-state index contributed by atoms with van der Waals surface area (Å²) in [5.41, 5.74) is 16.7. The Balaban J connectivity index is 4.77. The van der Waals surface area contributed by atoms with Crippen LogP contribution in [-0.4, -0.2) is 54.1 Å². The van der Waals surface area contributed by atoms with Crippen molar-refractivity contribution in [3.63, 3.8) is 0 Å². The summed E-state index contributed by atoms with van der Waals surface area (Å²) in [6.45, 7) is 4.54. The van der Waals surface area contributed by atoms with Gasteiger partial charge in [-0.3, -0.25) is 9.59 Å². The summed E-state index contributed by atoms with van der Waals surface area (Å²) in [5, 5.41) is 14.4. The molecule has 0 radical (unpaired) electrons. The van der Waals surface area contributed by atoms with E-state index in [-0.39, 0.29) is 12.3 Å². The number of carbonyl (C=O) groups is 3. The molecule has 0 aromatic heterocycles. The first kappa shape index (κ1) is 24.3. The Bertz CT molecular complexity index is 445. The predicted octanol–water partition coefficient (Wildman–Crippen LogP) is -0.718. The zero-order valence-corrected chi connectivity index (χ0v) is 15.9. The zero-order valence-electron chi connectivity index (χ0n) is 15.9. The largest absolute Gasteiger partial charge is 0.480 e. The second kappa shape index (κ2) is 13.5. The average molecular weight is 373 g/mol. The van der Waals surface area contributed by atoms with Gasteiger partial charge in [0.1, 0.15) is 12.1 Å². The number of aliphatic carboxylic acids is 1. The summed E-state index contributed by atoms with van der Waals surface area (Å²) in [5.74, 6) is -2.27. The smallest absolute Gasteiger partial charge is 0.326 e. The number of carboxylic acids is 1. The maximum absolute atomic E-state index is 12.5. The van der Waals surface area contributed by atoms with Gasteiger partial charge in [0, 0.05) is 0 Å². The molecule has 0 unspecified atom stereocenters. The van der Waals surface area contributed by atoms with E-state index in [9.17, 15) is 19.5 Å². The summed E-state index contributed by atoms with van der Waals surface area (Å²) in [7, 11) is 0. The fourth-order valence-corrected chi connectivity index (χ4v) is 2.45. The van der Waals surface area contributed by atoms with E-state index in [0.717, 1.165) is 12.8 Å². The monoisotopic (exact) mass is 373 g/mol. The highest BCUT2D eigenvalue weighted by atomic mass is 16.4. The highest BCUT2D eigenvalue weighted by molar-refractivity contribution is 5.91. The van der Waals surface area contributed by atoms with Crippen LogP contribution in [0.3, 0.4) is 0 Å². The van der Waals surface area contributed by atoms with E-state index in [1.54, 1.807) is 13.8 Å². The van der Waals surface area contributed by atoms with E-state index in [1.165, 1.54) is 0 Å². The lowest BCUT2D eigenvalue weighted by Crippen LogP contribution is -2.56. The molecule has 26 heavy (non-hydrogen) atoms. The lowest BCUT2D eigenvalue weighted by molar-refractivity contribution is -0.142. The number of carboxylic acid groups (broad SMARTS) is 1. The van der Waals surface area contributed by atoms with E-state index in [4.69, 9.17) is 17.2 Å². The summed E-state index contributed by atoms with van der Waals surface area (Å²) < 4.78 is 0. The van der Waals surface area contributed by atoms with Crippen LogP contribution in [0.4, 0.5) is 0 Å². The van der Waals surface area contributed by atoms with Crippen LogP contribution in [-0.2, 0) is 14.4 Å². The average Bonchev–Trinajstić information content (AvgIpc) is 2.58. The predicted molar refractivity (Wildman–Crippen MR) is 100 cm³/mol. The molecule has 9 heteroatoms. The fraction of sp³-hybridized carbons (Fsp3) is 0.824. The van der Waals surface area contributed by atoms with Crippen molar-refractivity contribution >= 4 is 17.8 Å². The quantitative estimate of drug-likeness (QED) is 0.218. The van der Waals surface area contributed by atoms with E-state index >= 15 is 0 Å². The molecule has 0 saturated carbocycles. The first-order valence-corrected chi connectivity index (χ1v) is 9.23. The second-order valence-electron chi connectivity index (χ2n) is 6.81. The minimum Gasteiger partial charge on any atom is -0.480 e. The first-order chi connectivity index (χ1) is 12.2. The Hall–Kier alpha value is -1.71. The van der Waals surface area contributed by atoms with Crippen molar-refractivity contribution in [3.05, 3.63) is 0 Å². The van der Waals surface area contributed by atoms with E-state index in [2.05, 4.69) is 10.6 Å². The van der Waals surface area contributed by atoms with E-state index < -0.39 is 35.9 Å². The van der Waals surface area contributed by atoms with Gasteiger partial charge in [0.05, 0.1) is 6.04 Å². The van der Waals surface area contributed by atoms with Crippen LogP contribution < -0.4 is 27.8 Å². The molecule has 0 aromatic carbocycles. The summed E-state index contributed by atoms with van der Waals surface area (Å²) >= 11 is 0. The number of hydrogen-bond donors (Lipinski definition) is 6. The van der Waals surface area contributed by atoms with Crippen LogP contribution in [0, 0.1) is 5.92 Å². The molecule has 2 amide bonds. The van der Waals surface area contributed by atoms with Gasteiger partial charge in [0.15, 0.2) is 0 Å². The van der Waals surface area contributed by atoms with E-state index in [1.807, 2.05) is 0 Å². The van der Waals surface area contributed by atoms with Crippen LogP contribution in [0.25, 0.3) is 0 Å². The standard InChI is InChI=1S/C17H35N5O4/c1-11(2)14(22-15(23)12(20)7-3-5-9-18)16(24)21-13(17(25)26)8-4-6-10-19/h11-14H,3-10,18-20H2,1-2H3,(H,21,24)(H,22,23)(H,25,26)/t12-,13-,14-/m0/s1. The van der Waals surface area contributed by atoms with Crippen molar-refractivity contribution in [1.29, 1.82) is 0 Å². The van der Waals surface area contributed by atoms with Crippen molar-refractivity contribution < 1.29 is 19.5 Å². The number of rotatable bonds is 14. The molecule has 0 aromatic rings. The molecule has 0 heterocycles. The highest BCUT2D eigenvalue weighted by Crippen LogP contribution is 2.07. The van der Waals surface area contributed by atoms with Crippen molar-refractivity contribution in [2.75, 3.05) is 13.1 Å². The molecular weight excluding hydrogens is 338 g/mol. The van der Waals surface area contributed by atoms with E-state index in [0.29, 0.717) is 32.4 Å². The minimum atomic E-state index is -1.11. The van der Waals surface area contributed by atoms with Gasteiger partial charge < -0.3 is 32.9 Å². The molecule has 0 aliphatic carbocycles. The molecule has 9 nitrogen and oxygen atoms in total. The Kier molecular flexibility index (Phi) is 12.6. The van der Waals surface area contributed by atoms with Gasteiger partial charge >= 0.3 is 5.97 Å². The summed E-state index contributed by atoms with van der Waals surface area (Å²) in [4.78, 5) is 36.0. The Morgan fingerprint density at radius 3 is 1.88 bits per heavy atom. The highest BCUT2D eigenvalue weighted by Gasteiger charge is 2.29. The van der Waals surface area contributed by atoms with Crippen molar-refractivity contribution in [2.24, 2.45) is 23.1 Å². The van der Waals surface area contributed by atoms with Crippen LogP contribution >= 0.6 is 0 Å². The van der Waals surface area contributed by atoms with Crippen molar-refractivity contribution in [1.82, 2.24) is 10.6 Å². The number of hydrogen-bond acceptors (Lipinski definition) is 6. The van der Waals surface area contributed by atoms with Gasteiger partial charge in [-0.15, -0.1) is 0 Å². The van der Waals surface area contributed by atoms with Crippen LogP contribution in [0.15, 0.2) is 0 Å². The third-order valence-electron chi connectivity index (χ3n) is 4.11. The fourth-order valence-electron chi connectivity index (χ4n) is 2.45. The molecule has 152 valence electrons. The molecular formula is C17H35N5O4. The van der Waals surface area contributed by atoms with Gasteiger partial charge in [-0.25, -0.2) is 4.79 Å². The lowest BCUT2D eigenvalue weighted by atomic mass is 10.0. The topological polar surface area (TPSA) is 174 Å². The van der Waals surface area contributed by atoms with Gasteiger partial charge in [-0.1, -0.05) is 20.3 Å². The molecule has 0 saturated heterocycles. The second-order valence-corrected chi connectivity index (χ2v) is 6.81. The first-order valence-electron chi connectivity index (χ1n) is 9.23. The van der Waals surface area contributed by atoms with Crippen molar-refractivity contribution in [2.45, 2.75) is 70.5 Å². The number of nitrogens with two attached hydrogens (primary N) is 3. The molecule has 9 N–H and O–H groups in total. The van der Waals surface area contributed by atoms with Gasteiger partial charge in [0.25, 0.3) is 0 Å². The Labute approximate surface area is 155 Å². The summed E-state index contributed by atoms with van der Waals surface area (Å²) in [6, 6.07) is -2.58. The van der Waals surface area contributed by atoms with Crippen molar-refractivity contribution in [3.8, 4) is 0 Å². The third kappa shape index (κ3) is 9.69. The Morgan fingerprint density at radius 1 is 0.885 bits per heavy atom. The van der Waals surface area contributed by atoms with Crippen LogP contribution in [0.5, 0.6) is 0 Å². The minimum absolute atomic E-state index is 0.214. The molecule has 0 rings (SSSR count). The zero-order chi connectivity index (χ0) is 20.1. The molecule has 3 atom stereocenters. The summed E-state index contributed by atoms with van der Waals surface area (Å²) in [6.07, 6.45) is 3.55. The maximum atomic E-state index is 12.5. The molecule has 0 fully saturated rings. The SMILES string of the molecule is CC(C)[C@H](NC(=O)[C@@H](N)CCCCN)C(=O)N[C@@H](CCCCN)C(=O)O. The number of amides is 2. The normalized spacial score (nSPS) is 14.5. The molecule has 0 bridgehead atoms. The molecule has 0 aliphatic heterocycles.